The van der Waals surface area contributed by atoms with Gasteiger partial charge in [-0.15, -0.1) is 0 Å². The van der Waals surface area contributed by atoms with Gasteiger partial charge in [0.05, 0.1) is 0 Å². The van der Waals surface area contributed by atoms with E-state index in [0.717, 1.165) is 11.3 Å². The van der Waals surface area contributed by atoms with Crippen molar-refractivity contribution in [3.8, 4) is 0 Å². The number of nitrogens with zero attached hydrogens (tertiary/aromatic N) is 2. The number of rotatable bonds is 2. The first-order valence-electron chi connectivity index (χ1n) is 4.75. The van der Waals surface area contributed by atoms with Crippen molar-refractivity contribution >= 4 is 17.7 Å². The van der Waals surface area contributed by atoms with Crippen molar-refractivity contribution < 1.29 is 4.79 Å². The number of anilines is 2. The fraction of sp³-hybridized carbons (Fsp3) is 0.100. The number of para-hydroxylation sites is 1. The zero-order chi connectivity index (χ0) is 11.4. The van der Waals surface area contributed by atoms with Crippen LogP contribution in [0.4, 0.5) is 16.4 Å². The second kappa shape index (κ2) is 4.43. The number of nitrogens with one attached hydrogen (secondary N) is 3. The van der Waals surface area contributed by atoms with Crippen LogP contribution in [0.25, 0.3) is 0 Å². The molecule has 0 fully saturated rings. The number of hydrogen-bond acceptors (Lipinski definition) is 3. The van der Waals surface area contributed by atoms with Crippen LogP contribution in [0.3, 0.4) is 0 Å². The molecule has 0 bridgehead atoms. The van der Waals surface area contributed by atoms with E-state index in [0.29, 0.717) is 5.95 Å². The lowest BCUT2D eigenvalue weighted by Crippen LogP contribution is -2.20. The molecule has 3 N–H and O–H groups in total. The first-order chi connectivity index (χ1) is 7.75. The van der Waals surface area contributed by atoms with Gasteiger partial charge in [-0.3, -0.25) is 5.32 Å². The highest BCUT2D eigenvalue weighted by Gasteiger charge is 2.05. The molecule has 0 aliphatic carbocycles. The number of carbonyl (C=O) groups is 1. The fourth-order valence-corrected chi connectivity index (χ4v) is 1.24. The summed E-state index contributed by atoms with van der Waals surface area (Å²) < 4.78 is 0. The highest BCUT2D eigenvalue weighted by Crippen LogP contribution is 2.13. The Morgan fingerprint density at radius 2 is 2.12 bits per heavy atom. The number of benzene rings is 1. The van der Waals surface area contributed by atoms with E-state index in [1.165, 1.54) is 6.33 Å². The van der Waals surface area contributed by atoms with Crippen LogP contribution in [-0.2, 0) is 0 Å². The van der Waals surface area contributed by atoms with Crippen LogP contribution in [0.2, 0.25) is 0 Å². The Labute approximate surface area is 92.1 Å². The summed E-state index contributed by atoms with van der Waals surface area (Å²) in [4.78, 5) is 15.3. The van der Waals surface area contributed by atoms with Gasteiger partial charge in [0.1, 0.15) is 6.33 Å². The van der Waals surface area contributed by atoms with E-state index < -0.39 is 0 Å². The molecule has 0 aliphatic rings. The Morgan fingerprint density at radius 3 is 2.81 bits per heavy atom. The number of amides is 2. The second-order valence-electron chi connectivity index (χ2n) is 3.23. The van der Waals surface area contributed by atoms with E-state index >= 15 is 0 Å². The summed E-state index contributed by atoms with van der Waals surface area (Å²) >= 11 is 0. The Hall–Kier alpha value is -2.37. The van der Waals surface area contributed by atoms with E-state index in [2.05, 4.69) is 25.8 Å². The minimum atomic E-state index is -0.356. The Balaban J connectivity index is 2.00. The van der Waals surface area contributed by atoms with Crippen molar-refractivity contribution in [2.75, 3.05) is 10.6 Å². The molecule has 2 amide bonds. The molecule has 0 unspecified atom stereocenters. The fourth-order valence-electron chi connectivity index (χ4n) is 1.24. The highest BCUT2D eigenvalue weighted by atomic mass is 16.2. The maximum atomic E-state index is 11.5. The maximum absolute atomic E-state index is 11.5. The zero-order valence-electron chi connectivity index (χ0n) is 8.69. The maximum Gasteiger partial charge on any atom is 0.326 e. The molecule has 0 atom stereocenters. The van der Waals surface area contributed by atoms with Crippen molar-refractivity contribution in [3.05, 3.63) is 36.2 Å². The van der Waals surface area contributed by atoms with E-state index in [1.807, 2.05) is 31.2 Å². The van der Waals surface area contributed by atoms with Gasteiger partial charge >= 0.3 is 6.03 Å². The SMILES string of the molecule is Cc1ccccc1NC(=O)Nc1ncn[nH]1. The van der Waals surface area contributed by atoms with E-state index in [9.17, 15) is 4.79 Å². The average Bonchev–Trinajstić information content (AvgIpc) is 2.74. The number of urea groups is 1. The molecule has 1 aromatic carbocycles. The molecule has 1 heterocycles. The lowest BCUT2D eigenvalue weighted by Gasteiger charge is -2.07. The standard InChI is InChI=1S/C10H11N5O/c1-7-4-2-3-5-8(7)13-10(16)14-9-11-6-12-15-9/h2-6H,1H3,(H3,11,12,13,14,15,16). The summed E-state index contributed by atoms with van der Waals surface area (Å²) in [5.74, 6) is 0.311. The topological polar surface area (TPSA) is 82.7 Å². The predicted octanol–water partition coefficient (Wildman–Crippen LogP) is 1.76. The van der Waals surface area contributed by atoms with Gasteiger partial charge in [0.2, 0.25) is 5.95 Å². The minimum Gasteiger partial charge on any atom is -0.307 e. The number of aromatic nitrogens is 3. The first kappa shape index (κ1) is 10.2. The smallest absolute Gasteiger partial charge is 0.307 e. The van der Waals surface area contributed by atoms with Gasteiger partial charge in [0.25, 0.3) is 0 Å². The molecule has 82 valence electrons. The summed E-state index contributed by atoms with van der Waals surface area (Å²) in [6.45, 7) is 1.92. The molecule has 6 heteroatoms. The summed E-state index contributed by atoms with van der Waals surface area (Å²) in [6.07, 6.45) is 1.32. The quantitative estimate of drug-likeness (QED) is 0.716. The Bertz CT molecular complexity index is 480. The van der Waals surface area contributed by atoms with Gasteiger partial charge in [0.15, 0.2) is 0 Å². The molecular weight excluding hydrogens is 206 g/mol. The van der Waals surface area contributed by atoms with Crippen molar-refractivity contribution in [3.63, 3.8) is 0 Å². The van der Waals surface area contributed by atoms with Gasteiger partial charge in [-0.1, -0.05) is 18.2 Å². The average molecular weight is 217 g/mol. The first-order valence-corrected chi connectivity index (χ1v) is 4.75. The van der Waals surface area contributed by atoms with E-state index in [-0.39, 0.29) is 6.03 Å². The molecule has 6 nitrogen and oxygen atoms in total. The number of aromatic amines is 1. The molecule has 2 aromatic rings. The minimum absolute atomic E-state index is 0.311. The van der Waals surface area contributed by atoms with Crippen LogP contribution in [0.5, 0.6) is 0 Å². The van der Waals surface area contributed by atoms with Crippen LogP contribution >= 0.6 is 0 Å². The van der Waals surface area contributed by atoms with Crippen molar-refractivity contribution in [2.45, 2.75) is 6.92 Å². The number of aryl methyl sites for hydroxylation is 1. The van der Waals surface area contributed by atoms with Gasteiger partial charge in [0, 0.05) is 5.69 Å². The number of hydrogen-bond donors (Lipinski definition) is 3. The predicted molar refractivity (Wildman–Crippen MR) is 60.2 cm³/mol. The van der Waals surface area contributed by atoms with Crippen LogP contribution in [0.1, 0.15) is 5.56 Å². The van der Waals surface area contributed by atoms with Gasteiger partial charge in [-0.2, -0.15) is 10.1 Å². The number of carbonyl (C=O) groups excluding carboxylic acids is 1. The van der Waals surface area contributed by atoms with Crippen LogP contribution in [0, 0.1) is 6.92 Å². The zero-order valence-corrected chi connectivity index (χ0v) is 8.69. The molecule has 0 saturated heterocycles. The normalized spacial score (nSPS) is 9.81. The van der Waals surface area contributed by atoms with Crippen LogP contribution in [-0.4, -0.2) is 21.2 Å². The van der Waals surface area contributed by atoms with E-state index in [1.54, 1.807) is 0 Å². The van der Waals surface area contributed by atoms with E-state index in [4.69, 9.17) is 0 Å². The molecular formula is C10H11N5O. The van der Waals surface area contributed by atoms with Crippen molar-refractivity contribution in [2.24, 2.45) is 0 Å². The molecule has 1 aromatic heterocycles. The molecule has 0 saturated carbocycles. The second-order valence-corrected chi connectivity index (χ2v) is 3.23. The van der Waals surface area contributed by atoms with Crippen molar-refractivity contribution in [1.82, 2.24) is 15.2 Å². The van der Waals surface area contributed by atoms with Gasteiger partial charge in [-0.25, -0.2) is 9.89 Å². The van der Waals surface area contributed by atoms with Gasteiger partial charge in [-0.05, 0) is 18.6 Å². The molecule has 0 spiro atoms. The highest BCUT2D eigenvalue weighted by molar-refractivity contribution is 5.99. The summed E-state index contributed by atoms with van der Waals surface area (Å²) in [7, 11) is 0. The third-order valence-electron chi connectivity index (χ3n) is 2.04. The van der Waals surface area contributed by atoms with Crippen LogP contribution < -0.4 is 10.6 Å². The molecule has 2 rings (SSSR count). The van der Waals surface area contributed by atoms with Crippen LogP contribution in [0.15, 0.2) is 30.6 Å². The summed E-state index contributed by atoms with van der Waals surface area (Å²) in [6, 6.07) is 7.16. The number of H-pyrrole nitrogens is 1. The molecule has 0 radical (unpaired) electrons. The third kappa shape index (κ3) is 2.35. The summed E-state index contributed by atoms with van der Waals surface area (Å²) in [5.41, 5.74) is 1.76. The third-order valence-corrected chi connectivity index (χ3v) is 2.04. The Kier molecular flexibility index (Phi) is 2.81. The molecule has 16 heavy (non-hydrogen) atoms. The lowest BCUT2D eigenvalue weighted by atomic mass is 10.2. The van der Waals surface area contributed by atoms with Gasteiger partial charge < -0.3 is 5.32 Å². The largest absolute Gasteiger partial charge is 0.326 e. The Morgan fingerprint density at radius 1 is 1.31 bits per heavy atom. The monoisotopic (exact) mass is 217 g/mol. The van der Waals surface area contributed by atoms with Crippen molar-refractivity contribution in [1.29, 1.82) is 0 Å². The lowest BCUT2D eigenvalue weighted by molar-refractivity contribution is 0.262. The summed E-state index contributed by atoms with van der Waals surface area (Å²) in [5, 5.41) is 11.4. The molecule has 0 aliphatic heterocycles.